The number of rotatable bonds is 7. The number of amides is 3. The van der Waals surface area contributed by atoms with Gasteiger partial charge in [0.2, 0.25) is 5.88 Å². The first-order chi connectivity index (χ1) is 19.6. The van der Waals surface area contributed by atoms with Crippen molar-refractivity contribution in [2.75, 3.05) is 32.6 Å². The summed E-state index contributed by atoms with van der Waals surface area (Å²) in [6, 6.07) is -0.568. The Morgan fingerprint density at radius 3 is 2.27 bits per heavy atom. The van der Waals surface area contributed by atoms with E-state index in [9.17, 15) is 24.3 Å². The number of imide groups is 1. The van der Waals surface area contributed by atoms with E-state index in [2.05, 4.69) is 0 Å². The predicted octanol–water partition coefficient (Wildman–Crippen LogP) is 3.16. The first-order valence-corrected chi connectivity index (χ1v) is 16.1. The van der Waals surface area contributed by atoms with Crippen LogP contribution in [0.3, 0.4) is 0 Å². The van der Waals surface area contributed by atoms with Crippen LogP contribution in [0.15, 0.2) is 9.59 Å². The quantitative estimate of drug-likeness (QED) is 0.284. The lowest BCUT2D eigenvalue weighted by Crippen LogP contribution is -2.65. The second kappa shape index (κ2) is 10.6. The molecule has 1 aromatic rings. The van der Waals surface area contributed by atoms with Gasteiger partial charge in [0.25, 0.3) is 11.5 Å². The second-order valence-corrected chi connectivity index (χ2v) is 14.2. The number of thioether (sulfide) groups is 1. The minimum atomic E-state index is -0.794. The number of nitrogens with zero attached hydrogens (tertiary/aromatic N) is 4. The molecule has 11 nitrogen and oxygen atoms in total. The summed E-state index contributed by atoms with van der Waals surface area (Å²) in [6.07, 6.45) is 8.05. The topological polar surface area (TPSA) is 138 Å². The first-order valence-electron chi connectivity index (χ1n) is 15.1. The Balaban J connectivity index is 1.24. The molecule has 0 atom stereocenters. The van der Waals surface area contributed by atoms with Crippen molar-refractivity contribution in [2.45, 2.75) is 89.3 Å². The number of likely N-dealkylation sites (N-methyl/N-ethyl adjacent to an activating group) is 1. The van der Waals surface area contributed by atoms with Crippen LogP contribution in [0.2, 0.25) is 0 Å². The SMILES string of the molecule is CCSC(=N)c1c(O)n(CC2CCCC2)c(=O)n(C2CCC3(CC2)CC2(C3)C(=O)N(C)C(=O)N2CC2COC2)c1=O. The molecule has 224 valence electrons. The van der Waals surface area contributed by atoms with E-state index in [4.69, 9.17) is 10.1 Å². The van der Waals surface area contributed by atoms with Crippen LogP contribution in [-0.2, 0) is 16.1 Å². The molecular formula is C29H41N5O6S. The maximum Gasteiger partial charge on any atom is 0.334 e. The van der Waals surface area contributed by atoms with Gasteiger partial charge in [-0.25, -0.2) is 9.59 Å². The highest BCUT2D eigenvalue weighted by Gasteiger charge is 2.68. The number of ether oxygens (including phenoxy) is 1. The maximum absolute atomic E-state index is 13.8. The van der Waals surface area contributed by atoms with Gasteiger partial charge in [0.15, 0.2) is 0 Å². The fourth-order valence-electron chi connectivity index (χ4n) is 8.15. The molecule has 3 saturated carbocycles. The lowest BCUT2D eigenvalue weighted by atomic mass is 9.51. The van der Waals surface area contributed by atoms with Gasteiger partial charge in [-0.2, -0.15) is 0 Å². The van der Waals surface area contributed by atoms with Gasteiger partial charge in [0.1, 0.15) is 16.1 Å². The zero-order chi connectivity index (χ0) is 29.1. The Hall–Kier alpha value is -2.60. The third-order valence-corrected chi connectivity index (χ3v) is 11.2. The summed E-state index contributed by atoms with van der Waals surface area (Å²) in [5.41, 5.74) is -2.05. The van der Waals surface area contributed by atoms with Crippen LogP contribution in [0, 0.1) is 22.7 Å². The molecule has 1 aromatic heterocycles. The average Bonchev–Trinajstić information content (AvgIpc) is 3.47. The van der Waals surface area contributed by atoms with E-state index < -0.39 is 16.8 Å². The summed E-state index contributed by atoms with van der Waals surface area (Å²) in [4.78, 5) is 56.7. The number of hydrogen-bond acceptors (Lipinski definition) is 8. The minimum Gasteiger partial charge on any atom is -0.494 e. The van der Waals surface area contributed by atoms with E-state index >= 15 is 0 Å². The van der Waals surface area contributed by atoms with Gasteiger partial charge in [0, 0.05) is 32.1 Å². The standard InChI is InChI=1S/C29H41N5O6S/c1-3-41-22(30)21-23(35)32(12-18-6-4-5-7-18)27(39)34(24(21)36)20-8-10-28(11-9-20)16-29(17-28)25(37)31(2)26(38)33(29)13-19-14-40-15-19/h18-20,30,35H,3-17H2,1-2H3. The van der Waals surface area contributed by atoms with Crippen LogP contribution < -0.4 is 11.2 Å². The van der Waals surface area contributed by atoms with Crippen LogP contribution in [0.1, 0.15) is 82.7 Å². The molecule has 2 aliphatic heterocycles. The van der Waals surface area contributed by atoms with Gasteiger partial charge in [-0.1, -0.05) is 19.8 Å². The first kappa shape index (κ1) is 28.5. The van der Waals surface area contributed by atoms with Gasteiger partial charge < -0.3 is 14.7 Å². The second-order valence-electron chi connectivity index (χ2n) is 13.0. The van der Waals surface area contributed by atoms with Crippen molar-refractivity contribution in [1.82, 2.24) is 18.9 Å². The normalized spacial score (nSPS) is 30.4. The number of nitrogens with one attached hydrogen (secondary N) is 1. The molecule has 3 aliphatic carbocycles. The van der Waals surface area contributed by atoms with E-state index in [1.54, 1.807) is 11.9 Å². The van der Waals surface area contributed by atoms with Crippen LogP contribution in [-0.4, -0.2) is 79.1 Å². The number of hydrogen-bond donors (Lipinski definition) is 2. The highest BCUT2D eigenvalue weighted by molar-refractivity contribution is 8.14. The summed E-state index contributed by atoms with van der Waals surface area (Å²) in [6.45, 7) is 3.99. The Morgan fingerprint density at radius 2 is 1.68 bits per heavy atom. The lowest BCUT2D eigenvalue weighted by molar-refractivity contribution is -0.152. The molecule has 0 unspecified atom stereocenters. The Labute approximate surface area is 243 Å². The number of aromatic hydroxyl groups is 1. The number of urea groups is 1. The smallest absolute Gasteiger partial charge is 0.334 e. The van der Waals surface area contributed by atoms with Crippen molar-refractivity contribution in [1.29, 1.82) is 5.41 Å². The van der Waals surface area contributed by atoms with E-state index in [1.165, 1.54) is 25.8 Å². The fraction of sp³-hybridized carbons (Fsp3) is 0.759. The number of aromatic nitrogens is 2. The molecular weight excluding hydrogens is 546 g/mol. The van der Waals surface area contributed by atoms with Gasteiger partial charge in [-0.15, -0.1) is 11.8 Å². The summed E-state index contributed by atoms with van der Waals surface area (Å²) in [7, 11) is 1.56. The van der Waals surface area contributed by atoms with Crippen molar-refractivity contribution in [2.24, 2.45) is 17.3 Å². The van der Waals surface area contributed by atoms with Crippen molar-refractivity contribution in [3.63, 3.8) is 0 Å². The predicted molar refractivity (Wildman–Crippen MR) is 155 cm³/mol. The average molecular weight is 588 g/mol. The lowest BCUT2D eigenvalue weighted by Gasteiger charge is -2.58. The molecule has 3 heterocycles. The van der Waals surface area contributed by atoms with E-state index in [0.717, 1.165) is 38.5 Å². The van der Waals surface area contributed by atoms with Crippen LogP contribution in [0.5, 0.6) is 5.88 Å². The molecule has 5 aliphatic rings. The van der Waals surface area contributed by atoms with Crippen molar-refractivity contribution in [3.05, 3.63) is 26.4 Å². The molecule has 6 rings (SSSR count). The fourth-order valence-corrected chi connectivity index (χ4v) is 8.76. The monoisotopic (exact) mass is 587 g/mol. The summed E-state index contributed by atoms with van der Waals surface area (Å²) >= 11 is 1.18. The molecule has 41 heavy (non-hydrogen) atoms. The van der Waals surface area contributed by atoms with E-state index in [0.29, 0.717) is 57.7 Å². The summed E-state index contributed by atoms with van der Waals surface area (Å²) in [5.74, 6) is 0.595. The van der Waals surface area contributed by atoms with Gasteiger partial charge in [-0.3, -0.25) is 29.0 Å². The summed E-state index contributed by atoms with van der Waals surface area (Å²) < 4.78 is 7.94. The third kappa shape index (κ3) is 4.56. The Morgan fingerprint density at radius 1 is 1.02 bits per heavy atom. The zero-order valence-electron chi connectivity index (χ0n) is 24.0. The highest BCUT2D eigenvalue weighted by Crippen LogP contribution is 2.62. The molecule has 2 spiro atoms. The van der Waals surface area contributed by atoms with E-state index in [-0.39, 0.29) is 51.7 Å². The van der Waals surface area contributed by atoms with E-state index in [1.807, 2.05) is 6.92 Å². The zero-order valence-corrected chi connectivity index (χ0v) is 24.8. The summed E-state index contributed by atoms with van der Waals surface area (Å²) in [5, 5.41) is 19.6. The molecule has 0 bridgehead atoms. The molecule has 2 saturated heterocycles. The molecule has 2 N–H and O–H groups in total. The molecule has 3 amide bonds. The molecule has 0 aromatic carbocycles. The molecule has 0 radical (unpaired) electrons. The van der Waals surface area contributed by atoms with Crippen LogP contribution in [0.25, 0.3) is 0 Å². The maximum atomic E-state index is 13.8. The Bertz CT molecular complexity index is 1360. The molecule has 12 heteroatoms. The minimum absolute atomic E-state index is 0.0115. The molecule has 5 fully saturated rings. The number of carbonyl (C=O) groups excluding carboxylic acids is 2. The van der Waals surface area contributed by atoms with Crippen molar-refractivity contribution in [3.8, 4) is 5.88 Å². The van der Waals surface area contributed by atoms with Gasteiger partial charge in [0.05, 0.1) is 13.2 Å². The van der Waals surface area contributed by atoms with Crippen molar-refractivity contribution >= 4 is 28.7 Å². The highest BCUT2D eigenvalue weighted by atomic mass is 32.2. The third-order valence-electron chi connectivity index (χ3n) is 10.4. The van der Waals surface area contributed by atoms with Gasteiger partial charge in [-0.05, 0) is 68.5 Å². The largest absolute Gasteiger partial charge is 0.494 e. The van der Waals surface area contributed by atoms with Gasteiger partial charge >= 0.3 is 11.7 Å². The van der Waals surface area contributed by atoms with Crippen molar-refractivity contribution < 1.29 is 19.4 Å². The Kier molecular flexibility index (Phi) is 7.37. The van der Waals surface area contributed by atoms with Crippen LogP contribution >= 0.6 is 11.8 Å². The van der Waals surface area contributed by atoms with Crippen LogP contribution in [0.4, 0.5) is 4.79 Å². The number of carbonyl (C=O) groups is 2.